The molecule has 1 N–H and O–H groups in total. The molecule has 1 unspecified atom stereocenters. The number of nitrogens with zero attached hydrogens (tertiary/aromatic N) is 3. The standard InChI is InChI=1S/C22H18N4O2S/c27-20(16-7-3-1-4-8-16)18(13-26-12-11-23-15-26)24-21(28)19-14-29-22(25-19)17-9-5-2-6-10-17/h1-12,14-15,18H,13H2,(H,24,28). The molecule has 0 radical (unpaired) electrons. The van der Waals surface area contributed by atoms with Crippen LogP contribution in [-0.4, -0.2) is 32.3 Å². The summed E-state index contributed by atoms with van der Waals surface area (Å²) >= 11 is 1.40. The lowest BCUT2D eigenvalue weighted by atomic mass is 10.0. The lowest BCUT2D eigenvalue weighted by Crippen LogP contribution is -2.43. The van der Waals surface area contributed by atoms with Crippen LogP contribution in [-0.2, 0) is 6.54 Å². The lowest BCUT2D eigenvalue weighted by molar-refractivity contribution is 0.0845. The Labute approximate surface area is 171 Å². The van der Waals surface area contributed by atoms with Gasteiger partial charge in [0.1, 0.15) is 16.7 Å². The zero-order chi connectivity index (χ0) is 20.1. The van der Waals surface area contributed by atoms with Gasteiger partial charge >= 0.3 is 0 Å². The highest BCUT2D eigenvalue weighted by Crippen LogP contribution is 2.23. The highest BCUT2D eigenvalue weighted by Gasteiger charge is 2.24. The molecule has 0 saturated heterocycles. The quantitative estimate of drug-likeness (QED) is 0.478. The van der Waals surface area contributed by atoms with Crippen molar-refractivity contribution in [2.24, 2.45) is 0 Å². The van der Waals surface area contributed by atoms with E-state index in [0.717, 1.165) is 10.6 Å². The van der Waals surface area contributed by atoms with E-state index in [1.165, 1.54) is 11.3 Å². The zero-order valence-corrected chi connectivity index (χ0v) is 16.3. The van der Waals surface area contributed by atoms with E-state index in [-0.39, 0.29) is 18.2 Å². The molecule has 0 bridgehead atoms. The first-order chi connectivity index (χ1) is 14.2. The van der Waals surface area contributed by atoms with Crippen LogP contribution in [0.15, 0.2) is 84.8 Å². The van der Waals surface area contributed by atoms with Gasteiger partial charge in [-0.15, -0.1) is 11.3 Å². The van der Waals surface area contributed by atoms with E-state index < -0.39 is 6.04 Å². The number of hydrogen-bond donors (Lipinski definition) is 1. The molecule has 29 heavy (non-hydrogen) atoms. The number of carbonyl (C=O) groups is 2. The number of imidazole rings is 1. The third-order valence-electron chi connectivity index (χ3n) is 4.39. The maximum absolute atomic E-state index is 13.0. The maximum atomic E-state index is 13.0. The molecule has 2 heterocycles. The molecule has 7 heteroatoms. The van der Waals surface area contributed by atoms with Gasteiger partial charge in [0, 0.05) is 28.9 Å². The van der Waals surface area contributed by atoms with Crippen molar-refractivity contribution in [3.8, 4) is 10.6 Å². The first kappa shape index (κ1) is 18.8. The van der Waals surface area contributed by atoms with Gasteiger partial charge in [0.05, 0.1) is 12.9 Å². The average molecular weight is 402 g/mol. The van der Waals surface area contributed by atoms with Gasteiger partial charge in [-0.05, 0) is 0 Å². The summed E-state index contributed by atoms with van der Waals surface area (Å²) in [6, 6.07) is 17.9. The molecule has 0 fully saturated rings. The number of rotatable bonds is 7. The van der Waals surface area contributed by atoms with Crippen molar-refractivity contribution in [1.82, 2.24) is 19.9 Å². The molecule has 0 spiro atoms. The largest absolute Gasteiger partial charge is 0.339 e. The van der Waals surface area contributed by atoms with Gasteiger partial charge in [-0.3, -0.25) is 9.59 Å². The number of carbonyl (C=O) groups excluding carboxylic acids is 2. The van der Waals surface area contributed by atoms with Crippen molar-refractivity contribution in [3.05, 3.63) is 96.0 Å². The Morgan fingerprint density at radius 3 is 2.45 bits per heavy atom. The second kappa shape index (κ2) is 8.62. The topological polar surface area (TPSA) is 76.9 Å². The van der Waals surface area contributed by atoms with Crippen molar-refractivity contribution >= 4 is 23.0 Å². The van der Waals surface area contributed by atoms with Crippen LogP contribution in [0.1, 0.15) is 20.8 Å². The number of Topliss-reactive ketones (excluding diaryl/α,β-unsaturated/α-hetero) is 1. The van der Waals surface area contributed by atoms with E-state index in [1.807, 2.05) is 36.4 Å². The van der Waals surface area contributed by atoms with E-state index in [4.69, 9.17) is 0 Å². The fourth-order valence-electron chi connectivity index (χ4n) is 2.93. The molecule has 144 valence electrons. The van der Waals surface area contributed by atoms with E-state index >= 15 is 0 Å². The van der Waals surface area contributed by atoms with Crippen LogP contribution in [0.5, 0.6) is 0 Å². The normalized spacial score (nSPS) is 11.7. The zero-order valence-electron chi connectivity index (χ0n) is 15.4. The molecule has 0 saturated carbocycles. The number of nitrogens with one attached hydrogen (secondary N) is 1. The summed E-state index contributed by atoms with van der Waals surface area (Å²) in [5.74, 6) is -0.538. The number of ketones is 1. The van der Waals surface area contributed by atoms with E-state index in [9.17, 15) is 9.59 Å². The number of benzene rings is 2. The van der Waals surface area contributed by atoms with Gasteiger partial charge in [0.2, 0.25) is 0 Å². The molecule has 1 amide bonds. The van der Waals surface area contributed by atoms with E-state index in [0.29, 0.717) is 11.3 Å². The maximum Gasteiger partial charge on any atom is 0.271 e. The number of amides is 1. The first-order valence-corrected chi connectivity index (χ1v) is 9.95. The predicted molar refractivity (Wildman–Crippen MR) is 112 cm³/mol. The van der Waals surface area contributed by atoms with Crippen LogP contribution in [0.3, 0.4) is 0 Å². The molecule has 2 aromatic carbocycles. The molecule has 0 aliphatic heterocycles. The molecule has 4 rings (SSSR count). The highest BCUT2D eigenvalue weighted by molar-refractivity contribution is 7.13. The number of hydrogen-bond acceptors (Lipinski definition) is 5. The summed E-state index contributed by atoms with van der Waals surface area (Å²) in [7, 11) is 0. The minimum atomic E-state index is -0.735. The highest BCUT2D eigenvalue weighted by atomic mass is 32.1. The Balaban J connectivity index is 1.55. The molecule has 2 aromatic heterocycles. The van der Waals surface area contributed by atoms with E-state index in [1.54, 1.807) is 52.9 Å². The van der Waals surface area contributed by atoms with E-state index in [2.05, 4.69) is 15.3 Å². The molecule has 4 aromatic rings. The third-order valence-corrected chi connectivity index (χ3v) is 5.28. The Bertz CT molecular complexity index is 1090. The van der Waals surface area contributed by atoms with Crippen molar-refractivity contribution in [3.63, 3.8) is 0 Å². The van der Waals surface area contributed by atoms with Crippen LogP contribution >= 0.6 is 11.3 Å². The predicted octanol–water partition coefficient (Wildman–Crippen LogP) is 3.69. The summed E-state index contributed by atoms with van der Waals surface area (Å²) in [5.41, 5.74) is 1.79. The Kier molecular flexibility index (Phi) is 5.58. The minimum absolute atomic E-state index is 0.161. The van der Waals surface area contributed by atoms with Gasteiger partial charge in [-0.25, -0.2) is 9.97 Å². The molecular weight excluding hydrogens is 384 g/mol. The van der Waals surface area contributed by atoms with Gasteiger partial charge in [-0.1, -0.05) is 60.7 Å². The molecule has 0 aliphatic rings. The van der Waals surface area contributed by atoms with Crippen molar-refractivity contribution in [2.45, 2.75) is 12.6 Å². The fraction of sp³-hybridized carbons (Fsp3) is 0.0909. The Morgan fingerprint density at radius 2 is 1.76 bits per heavy atom. The third kappa shape index (κ3) is 4.47. The lowest BCUT2D eigenvalue weighted by Gasteiger charge is -2.18. The van der Waals surface area contributed by atoms with Crippen LogP contribution in [0.4, 0.5) is 0 Å². The summed E-state index contributed by atoms with van der Waals surface area (Å²) in [4.78, 5) is 34.3. The van der Waals surface area contributed by atoms with Gasteiger partial charge in [-0.2, -0.15) is 0 Å². The van der Waals surface area contributed by atoms with Crippen molar-refractivity contribution < 1.29 is 9.59 Å². The number of aromatic nitrogens is 3. The van der Waals surface area contributed by atoms with Crippen LogP contribution < -0.4 is 5.32 Å². The Hall–Kier alpha value is -3.58. The van der Waals surface area contributed by atoms with Crippen molar-refractivity contribution in [1.29, 1.82) is 0 Å². The smallest absolute Gasteiger partial charge is 0.271 e. The van der Waals surface area contributed by atoms with Gasteiger partial charge in [0.25, 0.3) is 5.91 Å². The second-order valence-corrected chi connectivity index (χ2v) is 7.28. The van der Waals surface area contributed by atoms with Crippen molar-refractivity contribution in [2.75, 3.05) is 0 Å². The molecule has 1 atom stereocenters. The van der Waals surface area contributed by atoms with Crippen LogP contribution in [0.2, 0.25) is 0 Å². The number of thiazole rings is 1. The summed E-state index contributed by atoms with van der Waals surface area (Å²) in [6.07, 6.45) is 5.01. The monoisotopic (exact) mass is 402 g/mol. The van der Waals surface area contributed by atoms with Crippen LogP contribution in [0.25, 0.3) is 10.6 Å². The second-order valence-electron chi connectivity index (χ2n) is 6.42. The molecular formula is C22H18N4O2S. The molecule has 0 aliphatic carbocycles. The van der Waals surface area contributed by atoms with Crippen LogP contribution in [0, 0.1) is 0 Å². The SMILES string of the molecule is O=C(NC(Cn1ccnc1)C(=O)c1ccccc1)c1csc(-c2ccccc2)n1. The van der Waals surface area contributed by atoms with Gasteiger partial charge < -0.3 is 9.88 Å². The molecule has 6 nitrogen and oxygen atoms in total. The Morgan fingerprint density at radius 1 is 1.03 bits per heavy atom. The minimum Gasteiger partial charge on any atom is -0.339 e. The average Bonchev–Trinajstić information content (AvgIpc) is 3.46. The van der Waals surface area contributed by atoms with Gasteiger partial charge in [0.15, 0.2) is 5.78 Å². The summed E-state index contributed by atoms with van der Waals surface area (Å²) in [6.45, 7) is 0.287. The fourth-order valence-corrected chi connectivity index (χ4v) is 3.73. The first-order valence-electron chi connectivity index (χ1n) is 9.07. The summed E-state index contributed by atoms with van der Waals surface area (Å²) in [5, 5.41) is 5.31. The summed E-state index contributed by atoms with van der Waals surface area (Å²) < 4.78 is 1.77.